The van der Waals surface area contributed by atoms with Crippen molar-refractivity contribution < 1.29 is 19.2 Å². The summed E-state index contributed by atoms with van der Waals surface area (Å²) >= 11 is 1.33. The van der Waals surface area contributed by atoms with Crippen molar-refractivity contribution in [3.05, 3.63) is 46.4 Å². The summed E-state index contributed by atoms with van der Waals surface area (Å²) in [5.41, 5.74) is 3.15. The predicted molar refractivity (Wildman–Crippen MR) is 99.8 cm³/mol. The lowest BCUT2D eigenvalue weighted by Gasteiger charge is -2.02. The van der Waals surface area contributed by atoms with E-state index >= 15 is 0 Å². The van der Waals surface area contributed by atoms with Gasteiger partial charge in [-0.15, -0.1) is 0 Å². The van der Waals surface area contributed by atoms with Crippen LogP contribution in [0, 0.1) is 13.8 Å². The van der Waals surface area contributed by atoms with E-state index in [9.17, 15) is 4.79 Å². The van der Waals surface area contributed by atoms with E-state index in [0.717, 1.165) is 27.7 Å². The summed E-state index contributed by atoms with van der Waals surface area (Å²) in [6.45, 7) is 3.67. The maximum absolute atomic E-state index is 11.6. The SMILES string of the molecule is Cc1nc(CCc2c(-c3ccccn3)noc2C)sc1OC(=O)NCCO. The number of nitrogens with zero attached hydrogens (tertiary/aromatic N) is 3. The number of thiazole rings is 1. The summed E-state index contributed by atoms with van der Waals surface area (Å²) in [5, 5.41) is 16.6. The Morgan fingerprint density at radius 1 is 1.33 bits per heavy atom. The van der Waals surface area contributed by atoms with Crippen LogP contribution < -0.4 is 10.1 Å². The normalized spacial score (nSPS) is 10.8. The van der Waals surface area contributed by atoms with Crippen LogP contribution >= 0.6 is 11.3 Å². The van der Waals surface area contributed by atoms with Gasteiger partial charge in [0.15, 0.2) is 0 Å². The van der Waals surface area contributed by atoms with E-state index in [2.05, 4.69) is 20.4 Å². The van der Waals surface area contributed by atoms with Crippen molar-refractivity contribution in [2.75, 3.05) is 13.2 Å². The number of amides is 1. The second-order valence-corrected chi connectivity index (χ2v) is 6.85. The number of carbonyl (C=O) groups excluding carboxylic acids is 1. The molecule has 0 aliphatic heterocycles. The van der Waals surface area contributed by atoms with Crippen LogP contribution in [0.4, 0.5) is 4.79 Å². The van der Waals surface area contributed by atoms with Crippen molar-refractivity contribution in [2.45, 2.75) is 26.7 Å². The topological polar surface area (TPSA) is 110 Å². The van der Waals surface area contributed by atoms with Gasteiger partial charge in [0.25, 0.3) is 0 Å². The van der Waals surface area contributed by atoms with Gasteiger partial charge in [0.1, 0.15) is 11.5 Å². The fourth-order valence-electron chi connectivity index (χ4n) is 2.54. The van der Waals surface area contributed by atoms with Crippen molar-refractivity contribution >= 4 is 17.4 Å². The maximum Gasteiger partial charge on any atom is 0.413 e. The van der Waals surface area contributed by atoms with E-state index in [1.165, 1.54) is 11.3 Å². The Labute approximate surface area is 160 Å². The van der Waals surface area contributed by atoms with Crippen LogP contribution in [0.25, 0.3) is 11.4 Å². The van der Waals surface area contributed by atoms with Crippen LogP contribution in [0.3, 0.4) is 0 Å². The van der Waals surface area contributed by atoms with Crippen molar-refractivity contribution in [2.24, 2.45) is 0 Å². The molecule has 0 aliphatic carbocycles. The molecule has 27 heavy (non-hydrogen) atoms. The molecule has 0 unspecified atom stereocenters. The zero-order valence-electron chi connectivity index (χ0n) is 15.1. The van der Waals surface area contributed by atoms with E-state index in [4.69, 9.17) is 14.4 Å². The van der Waals surface area contributed by atoms with Gasteiger partial charge >= 0.3 is 6.09 Å². The highest BCUT2D eigenvalue weighted by Crippen LogP contribution is 2.29. The summed E-state index contributed by atoms with van der Waals surface area (Å²) < 4.78 is 10.6. The summed E-state index contributed by atoms with van der Waals surface area (Å²) in [6, 6.07) is 5.66. The number of aliphatic hydroxyl groups excluding tert-OH is 1. The maximum atomic E-state index is 11.6. The average molecular weight is 388 g/mol. The predicted octanol–water partition coefficient (Wildman–Crippen LogP) is 2.68. The number of aromatic nitrogens is 3. The third-order valence-electron chi connectivity index (χ3n) is 3.85. The van der Waals surface area contributed by atoms with Gasteiger partial charge < -0.3 is 19.7 Å². The molecule has 0 radical (unpaired) electrons. The quantitative estimate of drug-likeness (QED) is 0.640. The Kier molecular flexibility index (Phi) is 6.15. The molecule has 1 amide bonds. The number of hydrogen-bond donors (Lipinski definition) is 2. The van der Waals surface area contributed by atoms with Gasteiger partial charge in [-0.3, -0.25) is 4.98 Å². The molecule has 0 bridgehead atoms. The molecule has 0 atom stereocenters. The van der Waals surface area contributed by atoms with Gasteiger partial charge in [0.05, 0.1) is 23.0 Å². The van der Waals surface area contributed by atoms with Crippen LogP contribution in [0.5, 0.6) is 5.06 Å². The first-order valence-corrected chi connectivity index (χ1v) is 9.29. The molecule has 0 spiro atoms. The minimum absolute atomic E-state index is 0.140. The highest BCUT2D eigenvalue weighted by molar-refractivity contribution is 7.13. The van der Waals surface area contributed by atoms with Crippen LogP contribution in [-0.4, -0.2) is 39.5 Å². The molecule has 3 rings (SSSR count). The lowest BCUT2D eigenvalue weighted by atomic mass is 10.1. The Bertz CT molecular complexity index is 907. The van der Waals surface area contributed by atoms with Gasteiger partial charge in [0, 0.05) is 24.7 Å². The van der Waals surface area contributed by atoms with Crippen LogP contribution in [-0.2, 0) is 12.8 Å². The average Bonchev–Trinajstić information content (AvgIpc) is 3.21. The number of carbonyl (C=O) groups is 1. The van der Waals surface area contributed by atoms with Crippen LogP contribution in [0.15, 0.2) is 28.9 Å². The van der Waals surface area contributed by atoms with Crippen molar-refractivity contribution in [1.82, 2.24) is 20.4 Å². The number of ether oxygens (including phenoxy) is 1. The lowest BCUT2D eigenvalue weighted by molar-refractivity contribution is 0.196. The van der Waals surface area contributed by atoms with Gasteiger partial charge in [-0.1, -0.05) is 22.6 Å². The molecular formula is C18H20N4O4S. The Hall–Kier alpha value is -2.78. The van der Waals surface area contributed by atoms with Gasteiger partial charge in [0.2, 0.25) is 5.06 Å². The Morgan fingerprint density at radius 3 is 2.93 bits per heavy atom. The minimum Gasteiger partial charge on any atom is -0.397 e. The molecule has 142 valence electrons. The van der Waals surface area contributed by atoms with Gasteiger partial charge in [-0.05, 0) is 32.4 Å². The van der Waals surface area contributed by atoms with E-state index in [0.29, 0.717) is 23.6 Å². The minimum atomic E-state index is -0.602. The molecule has 0 aromatic carbocycles. The highest BCUT2D eigenvalue weighted by Gasteiger charge is 2.18. The van der Waals surface area contributed by atoms with Crippen LogP contribution in [0.2, 0.25) is 0 Å². The zero-order valence-corrected chi connectivity index (χ0v) is 15.9. The fourth-order valence-corrected chi connectivity index (χ4v) is 3.45. The molecule has 0 aliphatic rings. The molecule has 0 saturated carbocycles. The second kappa shape index (κ2) is 8.74. The monoisotopic (exact) mass is 388 g/mol. The standard InChI is InChI=1S/C18H20N4O4S/c1-11-17(25-18(24)20-9-10-23)27-15(21-11)7-6-13-12(2)26-22-16(13)14-5-3-4-8-19-14/h3-5,8,23H,6-7,9-10H2,1-2H3,(H,20,24). The summed E-state index contributed by atoms with van der Waals surface area (Å²) in [6.07, 6.45) is 2.47. The molecule has 0 saturated heterocycles. The smallest absolute Gasteiger partial charge is 0.397 e. The molecule has 3 aromatic heterocycles. The first kappa shape index (κ1) is 19.0. The fraction of sp³-hybridized carbons (Fsp3) is 0.333. The largest absolute Gasteiger partial charge is 0.413 e. The summed E-state index contributed by atoms with van der Waals surface area (Å²) in [4.78, 5) is 20.4. The van der Waals surface area contributed by atoms with E-state index in [1.807, 2.05) is 25.1 Å². The first-order chi connectivity index (χ1) is 13.1. The number of aryl methyl sites for hydroxylation is 3. The van der Waals surface area contributed by atoms with Gasteiger partial charge in [-0.2, -0.15) is 0 Å². The second-order valence-electron chi connectivity index (χ2n) is 5.80. The number of pyridine rings is 1. The third kappa shape index (κ3) is 4.69. The lowest BCUT2D eigenvalue weighted by Crippen LogP contribution is -2.29. The molecule has 0 fully saturated rings. The third-order valence-corrected chi connectivity index (χ3v) is 4.94. The van der Waals surface area contributed by atoms with Crippen molar-refractivity contribution in [3.8, 4) is 16.5 Å². The Morgan fingerprint density at radius 2 is 2.19 bits per heavy atom. The molecule has 8 nitrogen and oxygen atoms in total. The number of aliphatic hydroxyl groups is 1. The van der Waals surface area contributed by atoms with Crippen molar-refractivity contribution in [3.63, 3.8) is 0 Å². The highest BCUT2D eigenvalue weighted by atomic mass is 32.1. The molecule has 3 aromatic rings. The Balaban J connectivity index is 1.69. The molecule has 3 heterocycles. The number of hydrogen-bond acceptors (Lipinski definition) is 8. The zero-order chi connectivity index (χ0) is 19.2. The van der Waals surface area contributed by atoms with E-state index < -0.39 is 6.09 Å². The van der Waals surface area contributed by atoms with E-state index in [1.54, 1.807) is 13.1 Å². The summed E-state index contributed by atoms with van der Waals surface area (Å²) in [5.74, 6) is 0.754. The van der Waals surface area contributed by atoms with Crippen molar-refractivity contribution in [1.29, 1.82) is 0 Å². The first-order valence-electron chi connectivity index (χ1n) is 8.48. The van der Waals surface area contributed by atoms with E-state index in [-0.39, 0.29) is 13.2 Å². The van der Waals surface area contributed by atoms with Gasteiger partial charge in [-0.25, -0.2) is 9.78 Å². The van der Waals surface area contributed by atoms with Crippen LogP contribution in [0.1, 0.15) is 22.0 Å². The molecule has 9 heteroatoms. The summed E-state index contributed by atoms with van der Waals surface area (Å²) in [7, 11) is 0. The molecule has 2 N–H and O–H groups in total. The number of rotatable bonds is 7. The number of nitrogens with one attached hydrogen (secondary N) is 1. The molecular weight excluding hydrogens is 368 g/mol.